The van der Waals surface area contributed by atoms with Crippen molar-refractivity contribution in [1.29, 1.82) is 0 Å². The fourth-order valence-electron chi connectivity index (χ4n) is 2.43. The van der Waals surface area contributed by atoms with Gasteiger partial charge in [-0.25, -0.2) is 4.79 Å². The van der Waals surface area contributed by atoms with E-state index in [2.05, 4.69) is 5.32 Å². The van der Waals surface area contributed by atoms with Crippen LogP contribution in [0.25, 0.3) is 0 Å². The Bertz CT molecular complexity index is 750. The predicted molar refractivity (Wildman–Crippen MR) is 95.8 cm³/mol. The average molecular weight is 353 g/mol. The largest absolute Gasteiger partial charge is 0.384 e. The van der Waals surface area contributed by atoms with Crippen molar-refractivity contribution in [2.75, 3.05) is 32.4 Å². The molecule has 0 unspecified atom stereocenters. The zero-order chi connectivity index (χ0) is 19.1. The van der Waals surface area contributed by atoms with Gasteiger partial charge in [-0.3, -0.25) is 28.4 Å². The van der Waals surface area contributed by atoms with Crippen LogP contribution in [0, 0.1) is 0 Å². The van der Waals surface area contributed by atoms with Gasteiger partial charge in [0.1, 0.15) is 11.4 Å². The first-order valence-corrected chi connectivity index (χ1v) is 8.32. The molecule has 0 saturated carbocycles. The highest BCUT2D eigenvalue weighted by atomic mass is 16.2. The third-order valence-corrected chi connectivity index (χ3v) is 3.71. The van der Waals surface area contributed by atoms with Crippen LogP contribution in [-0.2, 0) is 18.4 Å². The first-order valence-electron chi connectivity index (χ1n) is 8.32. The second-order valence-corrected chi connectivity index (χ2v) is 6.00. The zero-order valence-electron chi connectivity index (χ0n) is 15.3. The number of nitrogens with zero attached hydrogens (tertiary/aromatic N) is 3. The normalized spacial score (nSPS) is 10.9. The summed E-state index contributed by atoms with van der Waals surface area (Å²) in [5.41, 5.74) is 4.44. The molecular formula is C16H27N5O4. The number of rotatable bonds is 9. The van der Waals surface area contributed by atoms with Crippen molar-refractivity contribution in [2.45, 2.75) is 33.2 Å². The van der Waals surface area contributed by atoms with Crippen molar-refractivity contribution in [3.8, 4) is 0 Å². The molecule has 9 heteroatoms. The van der Waals surface area contributed by atoms with Gasteiger partial charge in [0.15, 0.2) is 5.78 Å². The van der Waals surface area contributed by atoms with Gasteiger partial charge in [-0.15, -0.1) is 0 Å². The number of nitrogen functional groups attached to an aromatic ring is 1. The Balaban J connectivity index is 3.04. The van der Waals surface area contributed by atoms with Crippen LogP contribution in [0.4, 0.5) is 5.82 Å². The lowest BCUT2D eigenvalue weighted by molar-refractivity contribution is -0.121. The second kappa shape index (κ2) is 9.16. The fraction of sp³-hybridized carbons (Fsp3) is 0.625. The van der Waals surface area contributed by atoms with Crippen LogP contribution in [0.5, 0.6) is 0 Å². The number of nitrogens with two attached hydrogens (primary N) is 1. The zero-order valence-corrected chi connectivity index (χ0v) is 15.3. The maximum atomic E-state index is 12.5. The molecule has 0 spiro atoms. The summed E-state index contributed by atoms with van der Waals surface area (Å²) in [4.78, 5) is 50.2. The van der Waals surface area contributed by atoms with Crippen LogP contribution >= 0.6 is 0 Å². The minimum atomic E-state index is -0.719. The van der Waals surface area contributed by atoms with E-state index in [9.17, 15) is 19.2 Å². The molecular weight excluding hydrogens is 326 g/mol. The SMILES string of the molecule is CCCNC(=O)CN(C)CC(=O)c1c(N)n(CCC)c(=O)n(C)c1=O. The average Bonchev–Trinajstić information content (AvgIpc) is 2.54. The number of hydrogen-bond donors (Lipinski definition) is 2. The lowest BCUT2D eigenvalue weighted by Gasteiger charge is -2.17. The van der Waals surface area contributed by atoms with Crippen LogP contribution in [0.1, 0.15) is 37.0 Å². The monoisotopic (exact) mass is 353 g/mol. The third kappa shape index (κ3) is 5.02. The number of likely N-dealkylation sites (N-methyl/N-ethyl adjacent to an activating group) is 1. The smallest absolute Gasteiger partial charge is 0.332 e. The summed E-state index contributed by atoms with van der Waals surface area (Å²) in [5.74, 6) is -0.841. The summed E-state index contributed by atoms with van der Waals surface area (Å²) in [6.07, 6.45) is 1.45. The molecule has 0 atom stereocenters. The first kappa shape index (κ1) is 20.6. The standard InChI is InChI=1S/C16H27N5O4/c1-5-7-18-12(23)10-19(3)9-11(22)13-14(17)21(8-6-2)16(25)20(4)15(13)24/h5-10,17H2,1-4H3,(H,18,23). The molecule has 0 fully saturated rings. The van der Waals surface area contributed by atoms with E-state index < -0.39 is 17.0 Å². The summed E-state index contributed by atoms with van der Waals surface area (Å²) in [6.45, 7) is 4.56. The molecule has 0 radical (unpaired) electrons. The molecule has 3 N–H and O–H groups in total. The Morgan fingerprint density at radius 3 is 2.36 bits per heavy atom. The van der Waals surface area contributed by atoms with E-state index in [-0.39, 0.29) is 30.4 Å². The number of aromatic nitrogens is 2. The Kier molecular flexibility index (Phi) is 7.56. The maximum absolute atomic E-state index is 12.5. The highest BCUT2D eigenvalue weighted by Crippen LogP contribution is 2.07. The first-order chi connectivity index (χ1) is 11.7. The molecule has 1 rings (SSSR count). The minimum Gasteiger partial charge on any atom is -0.384 e. The van der Waals surface area contributed by atoms with Gasteiger partial charge in [0.05, 0.1) is 13.1 Å². The number of hydrogen-bond acceptors (Lipinski definition) is 6. The molecule has 0 aliphatic heterocycles. The lowest BCUT2D eigenvalue weighted by Crippen LogP contribution is -2.44. The van der Waals surface area contributed by atoms with Crippen LogP contribution in [0.3, 0.4) is 0 Å². The number of amides is 1. The molecule has 25 heavy (non-hydrogen) atoms. The van der Waals surface area contributed by atoms with Crippen molar-refractivity contribution >= 4 is 17.5 Å². The van der Waals surface area contributed by atoms with E-state index in [0.717, 1.165) is 11.0 Å². The Hall–Kier alpha value is -2.42. The topological polar surface area (TPSA) is 119 Å². The van der Waals surface area contributed by atoms with E-state index >= 15 is 0 Å². The van der Waals surface area contributed by atoms with Gasteiger partial charge in [-0.1, -0.05) is 13.8 Å². The summed E-state index contributed by atoms with van der Waals surface area (Å²) < 4.78 is 2.11. The molecule has 1 amide bonds. The summed E-state index contributed by atoms with van der Waals surface area (Å²) in [5, 5.41) is 2.71. The van der Waals surface area contributed by atoms with E-state index in [1.165, 1.54) is 16.5 Å². The number of nitrogens with one attached hydrogen (secondary N) is 1. The summed E-state index contributed by atoms with van der Waals surface area (Å²) in [6, 6.07) is 0. The predicted octanol–water partition coefficient (Wildman–Crippen LogP) is -0.820. The third-order valence-electron chi connectivity index (χ3n) is 3.71. The van der Waals surface area contributed by atoms with Crippen LogP contribution < -0.4 is 22.3 Å². The van der Waals surface area contributed by atoms with Crippen LogP contribution in [-0.4, -0.2) is 52.4 Å². The van der Waals surface area contributed by atoms with Crippen molar-refractivity contribution < 1.29 is 9.59 Å². The van der Waals surface area contributed by atoms with E-state index in [1.807, 2.05) is 13.8 Å². The molecule has 0 saturated heterocycles. The van der Waals surface area contributed by atoms with Crippen LogP contribution in [0.2, 0.25) is 0 Å². The number of anilines is 1. The molecule has 1 aromatic rings. The van der Waals surface area contributed by atoms with Gasteiger partial charge in [0, 0.05) is 20.1 Å². The molecule has 1 aromatic heterocycles. The van der Waals surface area contributed by atoms with E-state index in [1.54, 1.807) is 7.05 Å². The van der Waals surface area contributed by atoms with Gasteiger partial charge >= 0.3 is 5.69 Å². The van der Waals surface area contributed by atoms with Crippen molar-refractivity contribution in [3.05, 3.63) is 26.4 Å². The van der Waals surface area contributed by atoms with Gasteiger partial charge in [0.25, 0.3) is 5.56 Å². The molecule has 0 aromatic carbocycles. The molecule has 1 heterocycles. The maximum Gasteiger partial charge on any atom is 0.332 e. The molecule has 140 valence electrons. The van der Waals surface area contributed by atoms with E-state index in [0.29, 0.717) is 19.5 Å². The van der Waals surface area contributed by atoms with Crippen molar-refractivity contribution in [3.63, 3.8) is 0 Å². The number of carbonyl (C=O) groups excluding carboxylic acids is 2. The second-order valence-electron chi connectivity index (χ2n) is 6.00. The summed E-state index contributed by atoms with van der Waals surface area (Å²) in [7, 11) is 2.92. The van der Waals surface area contributed by atoms with Crippen LogP contribution in [0.15, 0.2) is 9.59 Å². The fourth-order valence-corrected chi connectivity index (χ4v) is 2.43. The lowest BCUT2D eigenvalue weighted by atomic mass is 10.1. The Morgan fingerprint density at radius 1 is 1.16 bits per heavy atom. The Labute approximate surface area is 146 Å². The van der Waals surface area contributed by atoms with Crippen molar-refractivity contribution in [1.82, 2.24) is 19.4 Å². The Morgan fingerprint density at radius 2 is 1.80 bits per heavy atom. The van der Waals surface area contributed by atoms with Gasteiger partial charge < -0.3 is 11.1 Å². The molecule has 9 nitrogen and oxygen atoms in total. The van der Waals surface area contributed by atoms with Crippen molar-refractivity contribution in [2.24, 2.45) is 7.05 Å². The van der Waals surface area contributed by atoms with E-state index in [4.69, 9.17) is 5.73 Å². The number of ketones is 1. The van der Waals surface area contributed by atoms with Gasteiger partial charge in [0.2, 0.25) is 5.91 Å². The quantitative estimate of drug-likeness (QED) is 0.560. The molecule has 0 aliphatic carbocycles. The summed E-state index contributed by atoms with van der Waals surface area (Å²) >= 11 is 0. The number of carbonyl (C=O) groups is 2. The van der Waals surface area contributed by atoms with Gasteiger partial charge in [-0.05, 0) is 19.9 Å². The highest BCUT2D eigenvalue weighted by Gasteiger charge is 2.22. The highest BCUT2D eigenvalue weighted by molar-refractivity contribution is 6.01. The molecule has 0 bridgehead atoms. The number of Topliss-reactive ketones (excluding diaryl/α,β-unsaturated/α-hetero) is 1. The molecule has 0 aliphatic rings. The minimum absolute atomic E-state index is 0.0283. The van der Waals surface area contributed by atoms with Gasteiger partial charge in [-0.2, -0.15) is 0 Å².